The summed E-state index contributed by atoms with van der Waals surface area (Å²) in [7, 11) is 0. The van der Waals surface area contributed by atoms with Crippen molar-refractivity contribution >= 4 is 5.91 Å². The maximum atomic E-state index is 12.2. The number of benzene rings is 1. The first-order valence-electron chi connectivity index (χ1n) is 7.60. The van der Waals surface area contributed by atoms with Crippen LogP contribution in [0.3, 0.4) is 0 Å². The summed E-state index contributed by atoms with van der Waals surface area (Å²) in [5.41, 5.74) is 2.70. The molecule has 0 aromatic heterocycles. The molecule has 1 N–H and O–H groups in total. The largest absolute Gasteiger partial charge is 0.381 e. The SMILES string of the molecule is Cc1ccccc1CC1(NC(=O)C[C@H]2CCOC2)CC1. The van der Waals surface area contributed by atoms with Gasteiger partial charge in [0.1, 0.15) is 0 Å². The Kier molecular flexibility index (Phi) is 3.79. The third-order valence-corrected chi connectivity index (χ3v) is 4.55. The van der Waals surface area contributed by atoms with E-state index >= 15 is 0 Å². The minimum absolute atomic E-state index is 0.0304. The van der Waals surface area contributed by atoms with Gasteiger partial charge < -0.3 is 10.1 Å². The molecule has 3 heteroatoms. The molecule has 0 unspecified atom stereocenters. The summed E-state index contributed by atoms with van der Waals surface area (Å²) in [6.07, 6.45) is 4.82. The van der Waals surface area contributed by atoms with E-state index in [0.29, 0.717) is 12.3 Å². The topological polar surface area (TPSA) is 38.3 Å². The average molecular weight is 273 g/mol. The lowest BCUT2D eigenvalue weighted by atomic mass is 9.98. The number of rotatable bonds is 5. The van der Waals surface area contributed by atoms with Crippen molar-refractivity contribution in [1.29, 1.82) is 0 Å². The van der Waals surface area contributed by atoms with Gasteiger partial charge in [-0.1, -0.05) is 24.3 Å². The highest BCUT2D eigenvalue weighted by molar-refractivity contribution is 5.77. The fourth-order valence-corrected chi connectivity index (χ4v) is 3.02. The number of carbonyl (C=O) groups excluding carboxylic acids is 1. The Morgan fingerprint density at radius 1 is 1.40 bits per heavy atom. The highest BCUT2D eigenvalue weighted by Crippen LogP contribution is 2.39. The number of hydrogen-bond donors (Lipinski definition) is 1. The number of aryl methyl sites for hydroxylation is 1. The van der Waals surface area contributed by atoms with Crippen LogP contribution in [-0.2, 0) is 16.0 Å². The molecule has 1 atom stereocenters. The van der Waals surface area contributed by atoms with Gasteiger partial charge in [0.15, 0.2) is 0 Å². The van der Waals surface area contributed by atoms with Gasteiger partial charge in [-0.05, 0) is 49.7 Å². The molecule has 20 heavy (non-hydrogen) atoms. The molecular formula is C17H23NO2. The zero-order valence-electron chi connectivity index (χ0n) is 12.2. The van der Waals surface area contributed by atoms with E-state index in [4.69, 9.17) is 4.74 Å². The van der Waals surface area contributed by atoms with E-state index in [1.165, 1.54) is 11.1 Å². The molecule has 1 amide bonds. The Hall–Kier alpha value is -1.35. The van der Waals surface area contributed by atoms with Crippen molar-refractivity contribution in [3.8, 4) is 0 Å². The molecule has 2 fully saturated rings. The van der Waals surface area contributed by atoms with Crippen LogP contribution in [0.5, 0.6) is 0 Å². The lowest BCUT2D eigenvalue weighted by molar-refractivity contribution is -0.123. The van der Waals surface area contributed by atoms with Crippen molar-refractivity contribution < 1.29 is 9.53 Å². The molecule has 108 valence electrons. The van der Waals surface area contributed by atoms with Crippen LogP contribution in [0.25, 0.3) is 0 Å². The van der Waals surface area contributed by atoms with E-state index in [2.05, 4.69) is 36.5 Å². The number of ether oxygens (including phenoxy) is 1. The number of nitrogens with one attached hydrogen (secondary N) is 1. The quantitative estimate of drug-likeness (QED) is 0.895. The summed E-state index contributed by atoms with van der Waals surface area (Å²) in [5, 5.41) is 3.28. The van der Waals surface area contributed by atoms with Gasteiger partial charge in [-0.25, -0.2) is 0 Å². The van der Waals surface area contributed by atoms with E-state index in [-0.39, 0.29) is 11.4 Å². The van der Waals surface area contributed by atoms with Gasteiger partial charge >= 0.3 is 0 Å². The fourth-order valence-electron chi connectivity index (χ4n) is 3.02. The maximum Gasteiger partial charge on any atom is 0.220 e. The van der Waals surface area contributed by atoms with E-state index in [9.17, 15) is 4.79 Å². The number of carbonyl (C=O) groups is 1. The zero-order chi connectivity index (χ0) is 14.0. The molecule has 1 aromatic rings. The van der Waals surface area contributed by atoms with Crippen LogP contribution in [0, 0.1) is 12.8 Å². The highest BCUT2D eigenvalue weighted by Gasteiger charge is 2.44. The third kappa shape index (κ3) is 3.21. The van der Waals surface area contributed by atoms with Crippen LogP contribution >= 0.6 is 0 Å². The number of hydrogen-bond acceptors (Lipinski definition) is 2. The second-order valence-electron chi connectivity index (χ2n) is 6.37. The monoisotopic (exact) mass is 273 g/mol. The van der Waals surface area contributed by atoms with Gasteiger partial charge in [-0.3, -0.25) is 4.79 Å². The molecule has 1 heterocycles. The Balaban J connectivity index is 1.56. The highest BCUT2D eigenvalue weighted by atomic mass is 16.5. The van der Waals surface area contributed by atoms with E-state index in [0.717, 1.165) is 38.9 Å². The van der Waals surface area contributed by atoms with Crippen LogP contribution in [-0.4, -0.2) is 24.7 Å². The smallest absolute Gasteiger partial charge is 0.220 e. The lowest BCUT2D eigenvalue weighted by Gasteiger charge is -2.19. The molecule has 0 radical (unpaired) electrons. The van der Waals surface area contributed by atoms with E-state index < -0.39 is 0 Å². The summed E-state index contributed by atoms with van der Waals surface area (Å²) >= 11 is 0. The zero-order valence-corrected chi connectivity index (χ0v) is 12.2. The van der Waals surface area contributed by atoms with Gasteiger partial charge in [0, 0.05) is 25.2 Å². The normalized spacial score (nSPS) is 23.6. The van der Waals surface area contributed by atoms with Gasteiger partial charge in [0.05, 0.1) is 0 Å². The standard InChI is InChI=1S/C17H23NO2/c1-13-4-2-3-5-15(13)11-17(7-8-17)18-16(19)10-14-6-9-20-12-14/h2-5,14H,6-12H2,1H3,(H,18,19)/t14-/m1/s1. The van der Waals surface area contributed by atoms with Gasteiger partial charge in [-0.2, -0.15) is 0 Å². The minimum atomic E-state index is 0.0304. The third-order valence-electron chi connectivity index (χ3n) is 4.55. The summed E-state index contributed by atoms with van der Waals surface area (Å²) in [6, 6.07) is 8.46. The maximum absolute atomic E-state index is 12.2. The predicted molar refractivity (Wildman–Crippen MR) is 78.5 cm³/mol. The Labute approximate surface area is 120 Å². The molecule has 1 saturated heterocycles. The first kappa shape index (κ1) is 13.6. The molecule has 3 nitrogen and oxygen atoms in total. The summed E-state index contributed by atoms with van der Waals surface area (Å²) < 4.78 is 5.34. The Bertz CT molecular complexity index is 488. The molecule has 1 saturated carbocycles. The van der Waals surface area contributed by atoms with Crippen LogP contribution in [0.1, 0.15) is 36.8 Å². The second kappa shape index (κ2) is 5.57. The van der Waals surface area contributed by atoms with E-state index in [1.54, 1.807) is 0 Å². The Morgan fingerprint density at radius 3 is 2.85 bits per heavy atom. The number of amides is 1. The molecule has 1 aromatic carbocycles. The van der Waals surface area contributed by atoms with Crippen molar-refractivity contribution in [3.63, 3.8) is 0 Å². The minimum Gasteiger partial charge on any atom is -0.381 e. The van der Waals surface area contributed by atoms with Gasteiger partial charge in [0.2, 0.25) is 5.91 Å². The lowest BCUT2D eigenvalue weighted by Crippen LogP contribution is -2.39. The summed E-state index contributed by atoms with van der Waals surface area (Å²) in [6.45, 7) is 3.70. The first-order chi connectivity index (χ1) is 9.67. The summed E-state index contributed by atoms with van der Waals surface area (Å²) in [4.78, 5) is 12.2. The van der Waals surface area contributed by atoms with Gasteiger partial charge in [0.25, 0.3) is 0 Å². The molecule has 1 aliphatic carbocycles. The fraction of sp³-hybridized carbons (Fsp3) is 0.588. The molecule has 0 bridgehead atoms. The molecular weight excluding hydrogens is 250 g/mol. The van der Waals surface area contributed by atoms with Crippen molar-refractivity contribution in [1.82, 2.24) is 5.32 Å². The van der Waals surface area contributed by atoms with Crippen LogP contribution in [0.4, 0.5) is 0 Å². The van der Waals surface area contributed by atoms with Gasteiger partial charge in [-0.15, -0.1) is 0 Å². The molecule has 3 rings (SSSR count). The van der Waals surface area contributed by atoms with Crippen LogP contribution in [0.2, 0.25) is 0 Å². The molecule has 1 aliphatic heterocycles. The van der Waals surface area contributed by atoms with Crippen molar-refractivity contribution in [2.24, 2.45) is 5.92 Å². The van der Waals surface area contributed by atoms with E-state index in [1.807, 2.05) is 0 Å². The molecule has 2 aliphatic rings. The van der Waals surface area contributed by atoms with Crippen molar-refractivity contribution in [3.05, 3.63) is 35.4 Å². The van der Waals surface area contributed by atoms with Crippen LogP contribution < -0.4 is 5.32 Å². The van der Waals surface area contributed by atoms with Crippen molar-refractivity contribution in [2.75, 3.05) is 13.2 Å². The molecule has 0 spiro atoms. The van der Waals surface area contributed by atoms with Crippen molar-refractivity contribution in [2.45, 2.75) is 44.6 Å². The first-order valence-corrected chi connectivity index (χ1v) is 7.60. The predicted octanol–water partition coefficient (Wildman–Crippen LogP) is 2.61. The Morgan fingerprint density at radius 2 is 2.20 bits per heavy atom. The van der Waals surface area contributed by atoms with Crippen LogP contribution in [0.15, 0.2) is 24.3 Å². The summed E-state index contributed by atoms with van der Waals surface area (Å²) in [5.74, 6) is 0.621. The second-order valence-corrected chi connectivity index (χ2v) is 6.37. The average Bonchev–Trinajstić information content (AvgIpc) is 2.96.